The highest BCUT2D eigenvalue weighted by atomic mass is 32.1. The maximum Gasteiger partial charge on any atom is 0.417 e. The molecule has 2 aromatic rings. The third kappa shape index (κ3) is 4.14. The fraction of sp³-hybridized carbons (Fsp3) is 0.348. The fourth-order valence-electron chi connectivity index (χ4n) is 3.93. The van der Waals surface area contributed by atoms with E-state index in [1.54, 1.807) is 43.0 Å². The highest BCUT2D eigenvalue weighted by Gasteiger charge is 2.50. The molecule has 1 atom stereocenters. The average Bonchev–Trinajstić information content (AvgIpc) is 3.33. The highest BCUT2D eigenvalue weighted by Crippen LogP contribution is 2.40. The Hall–Kier alpha value is -3.16. The number of thiocarbonyl (C=S) groups is 1. The lowest BCUT2D eigenvalue weighted by molar-refractivity contribution is -0.137. The summed E-state index contributed by atoms with van der Waals surface area (Å²) in [6.45, 7) is 4.48. The monoisotopic (exact) mass is 475 g/mol. The van der Waals surface area contributed by atoms with E-state index in [2.05, 4.69) is 0 Å². The van der Waals surface area contributed by atoms with E-state index in [-0.39, 0.29) is 16.9 Å². The van der Waals surface area contributed by atoms with Crippen LogP contribution in [0.2, 0.25) is 0 Å². The van der Waals surface area contributed by atoms with E-state index in [4.69, 9.17) is 27.0 Å². The number of ether oxygens (including phenoxy) is 2. The van der Waals surface area contributed by atoms with Crippen molar-refractivity contribution in [3.8, 4) is 11.8 Å². The molecule has 0 aromatic heterocycles. The minimum atomic E-state index is -4.75. The number of nitrogens with zero attached hydrogens (tertiary/aromatic N) is 3. The Bertz CT molecular complexity index is 1140. The van der Waals surface area contributed by atoms with Crippen molar-refractivity contribution in [2.45, 2.75) is 38.1 Å². The van der Waals surface area contributed by atoms with Gasteiger partial charge in [-0.05, 0) is 68.5 Å². The summed E-state index contributed by atoms with van der Waals surface area (Å²) in [5.41, 5.74) is -2.24. The molecule has 0 aliphatic carbocycles. The van der Waals surface area contributed by atoms with Crippen LogP contribution in [0.1, 0.15) is 31.4 Å². The molecule has 0 radical (unpaired) electrons. The summed E-state index contributed by atoms with van der Waals surface area (Å²) in [5.74, 6) is 0.163. The molecule has 2 aliphatic heterocycles. The zero-order chi connectivity index (χ0) is 24.0. The van der Waals surface area contributed by atoms with Gasteiger partial charge in [-0.3, -0.25) is 9.69 Å². The van der Waals surface area contributed by atoms with E-state index in [0.29, 0.717) is 24.7 Å². The second kappa shape index (κ2) is 8.32. The molecule has 1 unspecified atom stereocenters. The first kappa shape index (κ1) is 23.0. The summed E-state index contributed by atoms with van der Waals surface area (Å²) in [4.78, 5) is 15.9. The Morgan fingerprint density at radius 3 is 2.42 bits per heavy atom. The molecule has 33 heavy (non-hydrogen) atoms. The number of nitriles is 1. The van der Waals surface area contributed by atoms with Gasteiger partial charge >= 0.3 is 6.18 Å². The third-order valence-corrected chi connectivity index (χ3v) is 6.01. The van der Waals surface area contributed by atoms with Crippen molar-refractivity contribution in [3.63, 3.8) is 0 Å². The molecule has 0 N–H and O–H groups in total. The number of carbonyl (C=O) groups excluding carboxylic acids is 1. The molecule has 0 spiro atoms. The Balaban J connectivity index is 1.66. The lowest BCUT2D eigenvalue weighted by atomic mass is 10.0. The first-order valence-electron chi connectivity index (χ1n) is 10.2. The van der Waals surface area contributed by atoms with Crippen LogP contribution in [0.3, 0.4) is 0 Å². The van der Waals surface area contributed by atoms with Crippen molar-refractivity contribution in [2.24, 2.45) is 0 Å². The molecule has 4 rings (SSSR count). The number of carbonyl (C=O) groups is 1. The SMILES string of the molecule is CC1(C)C(=O)N(c2ccc(C#N)c(C(F)(F)F)c2)C(=S)N1c1ccc(OC2CCOC2)cc1. The summed E-state index contributed by atoms with van der Waals surface area (Å²) >= 11 is 5.54. The second-order valence-corrected chi connectivity index (χ2v) is 8.62. The molecule has 2 saturated heterocycles. The van der Waals surface area contributed by atoms with Crippen LogP contribution in [0.5, 0.6) is 5.75 Å². The Kier molecular flexibility index (Phi) is 5.80. The number of halogens is 3. The van der Waals surface area contributed by atoms with Gasteiger partial charge in [0.05, 0.1) is 36.1 Å². The van der Waals surface area contributed by atoms with Crippen LogP contribution in [-0.4, -0.2) is 35.9 Å². The van der Waals surface area contributed by atoms with Gasteiger partial charge < -0.3 is 14.4 Å². The lowest BCUT2D eigenvalue weighted by Gasteiger charge is -2.29. The molecule has 2 fully saturated rings. The highest BCUT2D eigenvalue weighted by molar-refractivity contribution is 7.81. The Morgan fingerprint density at radius 1 is 1.18 bits per heavy atom. The van der Waals surface area contributed by atoms with Crippen LogP contribution in [-0.2, 0) is 15.7 Å². The smallest absolute Gasteiger partial charge is 0.417 e. The van der Waals surface area contributed by atoms with Gasteiger partial charge in [0.15, 0.2) is 5.11 Å². The fourth-order valence-corrected chi connectivity index (χ4v) is 4.45. The minimum Gasteiger partial charge on any atom is -0.488 e. The van der Waals surface area contributed by atoms with Crippen LogP contribution < -0.4 is 14.5 Å². The largest absolute Gasteiger partial charge is 0.488 e. The quantitative estimate of drug-likeness (QED) is 0.600. The van der Waals surface area contributed by atoms with Gasteiger partial charge in [-0.2, -0.15) is 18.4 Å². The van der Waals surface area contributed by atoms with Crippen molar-refractivity contribution < 1.29 is 27.4 Å². The van der Waals surface area contributed by atoms with Crippen LogP contribution in [0.25, 0.3) is 0 Å². The minimum absolute atomic E-state index is 0.0172. The zero-order valence-corrected chi connectivity index (χ0v) is 18.7. The maximum atomic E-state index is 13.5. The summed E-state index contributed by atoms with van der Waals surface area (Å²) in [6, 6.07) is 11.7. The van der Waals surface area contributed by atoms with Crippen molar-refractivity contribution >= 4 is 34.6 Å². The molecule has 2 aromatic carbocycles. The number of rotatable bonds is 4. The molecule has 1 amide bonds. The van der Waals surface area contributed by atoms with Crippen molar-refractivity contribution in [1.29, 1.82) is 5.26 Å². The molecular weight excluding hydrogens is 455 g/mol. The summed E-state index contributed by atoms with van der Waals surface area (Å²) in [5, 5.41) is 9.09. The zero-order valence-electron chi connectivity index (χ0n) is 17.8. The lowest BCUT2D eigenvalue weighted by Crippen LogP contribution is -2.44. The van der Waals surface area contributed by atoms with E-state index in [1.807, 2.05) is 0 Å². The predicted octanol–water partition coefficient (Wildman–Crippen LogP) is 4.66. The number of benzene rings is 2. The van der Waals surface area contributed by atoms with Crippen LogP contribution >= 0.6 is 12.2 Å². The van der Waals surface area contributed by atoms with E-state index >= 15 is 0 Å². The molecule has 10 heteroatoms. The van der Waals surface area contributed by atoms with Crippen LogP contribution in [0.15, 0.2) is 42.5 Å². The van der Waals surface area contributed by atoms with Crippen LogP contribution in [0, 0.1) is 11.3 Å². The molecule has 6 nitrogen and oxygen atoms in total. The van der Waals surface area contributed by atoms with Gasteiger partial charge in [0.25, 0.3) is 5.91 Å². The molecular formula is C23H20F3N3O3S. The average molecular weight is 475 g/mol. The van der Waals surface area contributed by atoms with E-state index in [1.165, 1.54) is 12.1 Å². The van der Waals surface area contributed by atoms with Gasteiger partial charge in [-0.25, -0.2) is 0 Å². The van der Waals surface area contributed by atoms with Gasteiger partial charge in [0, 0.05) is 12.1 Å². The van der Waals surface area contributed by atoms with Gasteiger partial charge in [-0.15, -0.1) is 0 Å². The summed E-state index contributed by atoms with van der Waals surface area (Å²) < 4.78 is 51.5. The third-order valence-electron chi connectivity index (χ3n) is 5.64. The van der Waals surface area contributed by atoms with Crippen LogP contribution in [0.4, 0.5) is 24.5 Å². The van der Waals surface area contributed by atoms with Crippen molar-refractivity contribution in [1.82, 2.24) is 0 Å². The number of amides is 1. The maximum absolute atomic E-state index is 13.5. The van der Waals surface area contributed by atoms with E-state index in [0.717, 1.165) is 23.5 Å². The molecule has 0 saturated carbocycles. The standard InChI is InChI=1S/C23H20F3N3O3S/c1-22(2)20(30)28(16-4-3-14(12-27)19(11-16)23(24,25)26)21(33)29(22)15-5-7-17(8-6-15)32-18-9-10-31-13-18/h3-8,11,18H,9-10,13H2,1-2H3. The normalized spacial score (nSPS) is 20.3. The first-order valence-corrected chi connectivity index (χ1v) is 10.6. The van der Waals surface area contributed by atoms with Crippen molar-refractivity contribution in [3.05, 3.63) is 53.6 Å². The Morgan fingerprint density at radius 2 is 1.85 bits per heavy atom. The van der Waals surface area contributed by atoms with Gasteiger partial charge in [-0.1, -0.05) is 0 Å². The summed E-state index contributed by atoms with van der Waals surface area (Å²) in [6.07, 6.45) is -3.96. The van der Waals surface area contributed by atoms with Gasteiger partial charge in [0.2, 0.25) is 0 Å². The molecule has 2 heterocycles. The molecule has 0 bridgehead atoms. The number of hydrogen-bond acceptors (Lipinski definition) is 5. The van der Waals surface area contributed by atoms with Crippen molar-refractivity contribution in [2.75, 3.05) is 23.0 Å². The number of anilines is 2. The summed E-state index contributed by atoms with van der Waals surface area (Å²) in [7, 11) is 0. The number of alkyl halides is 3. The first-order chi connectivity index (χ1) is 15.5. The topological polar surface area (TPSA) is 65.8 Å². The number of hydrogen-bond donors (Lipinski definition) is 0. The Labute approximate surface area is 194 Å². The second-order valence-electron chi connectivity index (χ2n) is 8.25. The van der Waals surface area contributed by atoms with E-state index < -0.39 is 28.7 Å². The molecule has 172 valence electrons. The predicted molar refractivity (Wildman–Crippen MR) is 119 cm³/mol. The van der Waals surface area contributed by atoms with Gasteiger partial charge in [0.1, 0.15) is 17.4 Å². The molecule has 2 aliphatic rings. The van der Waals surface area contributed by atoms with E-state index in [9.17, 15) is 18.0 Å².